The van der Waals surface area contributed by atoms with E-state index < -0.39 is 12.0 Å². The topological polar surface area (TPSA) is 75.6 Å². The molecule has 2 atom stereocenters. The highest BCUT2D eigenvalue weighted by Crippen LogP contribution is 2.29. The van der Waals surface area contributed by atoms with Crippen LogP contribution in [0.15, 0.2) is 30.4 Å². The van der Waals surface area contributed by atoms with Gasteiger partial charge in [0.1, 0.15) is 5.75 Å². The molecule has 3 rings (SSSR count). The number of allylic oxidation sites excluding steroid dienone is 2. The predicted molar refractivity (Wildman–Crippen MR) is 80.6 cm³/mol. The number of benzene rings is 1. The first kappa shape index (κ1) is 14.6. The Morgan fingerprint density at radius 1 is 1.32 bits per heavy atom. The summed E-state index contributed by atoms with van der Waals surface area (Å²) in [6.07, 6.45) is 7.13. The summed E-state index contributed by atoms with van der Waals surface area (Å²) in [6, 6.07) is 4.30. The molecule has 5 heteroatoms. The van der Waals surface area contributed by atoms with Gasteiger partial charge in [0, 0.05) is 12.3 Å². The number of amides is 1. The molecule has 2 N–H and O–H groups in total. The molecule has 0 aromatic heterocycles. The highest BCUT2D eigenvalue weighted by atomic mass is 16.5. The molecule has 2 unspecified atom stereocenters. The van der Waals surface area contributed by atoms with Gasteiger partial charge in [0.05, 0.1) is 6.61 Å². The number of aliphatic carboxylic acids is 1. The molecule has 1 amide bonds. The van der Waals surface area contributed by atoms with Crippen LogP contribution in [0, 0.1) is 5.92 Å². The zero-order chi connectivity index (χ0) is 15.5. The first-order valence-corrected chi connectivity index (χ1v) is 7.59. The first-order valence-electron chi connectivity index (χ1n) is 7.59. The van der Waals surface area contributed by atoms with Crippen LogP contribution in [0.3, 0.4) is 0 Å². The molecule has 0 spiro atoms. The second kappa shape index (κ2) is 6.22. The molecular formula is C17H19NO4. The summed E-state index contributed by atoms with van der Waals surface area (Å²) in [5.41, 5.74) is 1.59. The van der Waals surface area contributed by atoms with Gasteiger partial charge in [0.2, 0.25) is 5.91 Å². The fourth-order valence-electron chi connectivity index (χ4n) is 2.97. The summed E-state index contributed by atoms with van der Waals surface area (Å²) in [7, 11) is 0. The van der Waals surface area contributed by atoms with E-state index in [4.69, 9.17) is 4.74 Å². The Balaban J connectivity index is 1.76. The molecule has 1 aromatic carbocycles. The van der Waals surface area contributed by atoms with Crippen LogP contribution < -0.4 is 10.1 Å². The molecule has 1 aliphatic heterocycles. The number of fused-ring (bicyclic) bond motifs is 1. The van der Waals surface area contributed by atoms with E-state index in [1.165, 1.54) is 0 Å². The lowest BCUT2D eigenvalue weighted by atomic mass is 9.93. The van der Waals surface area contributed by atoms with Gasteiger partial charge in [0.15, 0.2) is 6.04 Å². The highest BCUT2D eigenvalue weighted by Gasteiger charge is 2.27. The number of carbonyl (C=O) groups excluding carboxylic acids is 1. The lowest BCUT2D eigenvalue weighted by molar-refractivity contribution is -0.142. The molecule has 5 nitrogen and oxygen atoms in total. The fraction of sp³-hybridized carbons (Fsp3) is 0.412. The number of hydrogen-bond acceptors (Lipinski definition) is 3. The maximum atomic E-state index is 12.3. The van der Waals surface area contributed by atoms with Crippen molar-refractivity contribution in [3.05, 3.63) is 41.5 Å². The van der Waals surface area contributed by atoms with Gasteiger partial charge >= 0.3 is 5.97 Å². The molecule has 1 aromatic rings. The van der Waals surface area contributed by atoms with Crippen LogP contribution in [0.4, 0.5) is 0 Å². The third kappa shape index (κ3) is 2.98. The molecule has 0 saturated carbocycles. The fourth-order valence-corrected chi connectivity index (χ4v) is 2.97. The minimum atomic E-state index is -1.04. The standard InChI is InChI=1S/C17H19NO4/c19-16(11-4-2-1-3-5-11)18-15(17(20)21)13-6-7-14-12(10-13)8-9-22-14/h1-2,6-7,10-11,15H,3-5,8-9H2,(H,18,19)(H,20,21). The Morgan fingerprint density at radius 3 is 2.91 bits per heavy atom. The van der Waals surface area contributed by atoms with E-state index in [9.17, 15) is 14.7 Å². The summed E-state index contributed by atoms with van der Waals surface area (Å²) in [5, 5.41) is 12.1. The lowest BCUT2D eigenvalue weighted by Gasteiger charge is -2.21. The molecule has 0 fully saturated rings. The van der Waals surface area contributed by atoms with Crippen LogP contribution in [0.2, 0.25) is 0 Å². The number of hydrogen-bond donors (Lipinski definition) is 2. The molecular weight excluding hydrogens is 282 g/mol. The number of carboxylic acid groups (broad SMARTS) is 1. The van der Waals surface area contributed by atoms with E-state index in [1.54, 1.807) is 12.1 Å². The Labute approximate surface area is 129 Å². The smallest absolute Gasteiger partial charge is 0.330 e. The van der Waals surface area contributed by atoms with Gasteiger partial charge in [-0.25, -0.2) is 4.79 Å². The van der Waals surface area contributed by atoms with Crippen LogP contribution in [-0.4, -0.2) is 23.6 Å². The van der Waals surface area contributed by atoms with Crippen molar-refractivity contribution in [3.63, 3.8) is 0 Å². The van der Waals surface area contributed by atoms with E-state index in [1.807, 2.05) is 12.1 Å². The number of nitrogens with one attached hydrogen (secondary N) is 1. The zero-order valence-corrected chi connectivity index (χ0v) is 12.2. The van der Waals surface area contributed by atoms with E-state index in [2.05, 4.69) is 11.4 Å². The average Bonchev–Trinajstić information content (AvgIpc) is 3.00. The summed E-state index contributed by atoms with van der Waals surface area (Å²) < 4.78 is 5.43. The first-order chi connectivity index (χ1) is 10.6. The summed E-state index contributed by atoms with van der Waals surface area (Å²) in [5.74, 6) is -0.562. The molecule has 22 heavy (non-hydrogen) atoms. The zero-order valence-electron chi connectivity index (χ0n) is 12.2. The van der Waals surface area contributed by atoms with Crippen molar-refractivity contribution in [2.75, 3.05) is 6.61 Å². The molecule has 0 bridgehead atoms. The predicted octanol–water partition coefficient (Wildman–Crippen LogP) is 2.22. The maximum Gasteiger partial charge on any atom is 0.330 e. The van der Waals surface area contributed by atoms with Gasteiger partial charge in [-0.05, 0) is 42.5 Å². The molecule has 0 saturated heterocycles. The quantitative estimate of drug-likeness (QED) is 0.836. The van der Waals surface area contributed by atoms with Crippen LogP contribution in [0.5, 0.6) is 5.75 Å². The number of carbonyl (C=O) groups is 2. The average molecular weight is 301 g/mol. The molecule has 2 aliphatic rings. The SMILES string of the molecule is O=C(NC(C(=O)O)c1ccc2c(c1)CCO2)C1CC=CCC1. The summed E-state index contributed by atoms with van der Waals surface area (Å²) in [6.45, 7) is 0.622. The molecule has 1 heterocycles. The van der Waals surface area contributed by atoms with Gasteiger partial charge in [-0.1, -0.05) is 18.2 Å². The van der Waals surface area contributed by atoms with Crippen molar-refractivity contribution in [2.45, 2.75) is 31.7 Å². The summed E-state index contributed by atoms with van der Waals surface area (Å²) >= 11 is 0. The minimum absolute atomic E-state index is 0.135. The van der Waals surface area contributed by atoms with Crippen LogP contribution in [0.25, 0.3) is 0 Å². The Bertz CT molecular complexity index is 623. The van der Waals surface area contributed by atoms with Gasteiger partial charge in [-0.2, -0.15) is 0 Å². The second-order valence-electron chi connectivity index (χ2n) is 5.73. The molecule has 0 radical (unpaired) electrons. The molecule has 1 aliphatic carbocycles. The van der Waals surface area contributed by atoms with E-state index in [-0.39, 0.29) is 11.8 Å². The third-order valence-electron chi connectivity index (χ3n) is 4.22. The minimum Gasteiger partial charge on any atom is -0.493 e. The van der Waals surface area contributed by atoms with E-state index >= 15 is 0 Å². The Hall–Kier alpha value is -2.30. The van der Waals surface area contributed by atoms with Crippen molar-refractivity contribution < 1.29 is 19.4 Å². The largest absolute Gasteiger partial charge is 0.493 e. The monoisotopic (exact) mass is 301 g/mol. The summed E-state index contributed by atoms with van der Waals surface area (Å²) in [4.78, 5) is 23.8. The van der Waals surface area contributed by atoms with E-state index in [0.717, 1.165) is 30.6 Å². The normalized spacial score (nSPS) is 20.8. The van der Waals surface area contributed by atoms with Crippen LogP contribution >= 0.6 is 0 Å². The van der Waals surface area contributed by atoms with Crippen molar-refractivity contribution >= 4 is 11.9 Å². The third-order valence-corrected chi connectivity index (χ3v) is 4.22. The second-order valence-corrected chi connectivity index (χ2v) is 5.73. The van der Waals surface area contributed by atoms with Crippen LogP contribution in [0.1, 0.15) is 36.4 Å². The van der Waals surface area contributed by atoms with Gasteiger partial charge in [-0.3, -0.25) is 4.79 Å². The van der Waals surface area contributed by atoms with Crippen molar-refractivity contribution in [1.29, 1.82) is 0 Å². The van der Waals surface area contributed by atoms with E-state index in [0.29, 0.717) is 18.6 Å². The maximum absolute atomic E-state index is 12.3. The Kier molecular flexibility index (Phi) is 4.13. The van der Waals surface area contributed by atoms with Crippen molar-refractivity contribution in [1.82, 2.24) is 5.32 Å². The number of carboxylic acids is 1. The number of rotatable bonds is 4. The molecule has 116 valence electrons. The van der Waals surface area contributed by atoms with Gasteiger partial charge in [0.25, 0.3) is 0 Å². The Morgan fingerprint density at radius 2 is 2.18 bits per heavy atom. The number of ether oxygens (including phenoxy) is 1. The van der Waals surface area contributed by atoms with Crippen molar-refractivity contribution in [2.24, 2.45) is 5.92 Å². The lowest BCUT2D eigenvalue weighted by Crippen LogP contribution is -2.38. The van der Waals surface area contributed by atoms with Crippen molar-refractivity contribution in [3.8, 4) is 5.75 Å². The van der Waals surface area contributed by atoms with Gasteiger partial charge < -0.3 is 15.2 Å². The van der Waals surface area contributed by atoms with Gasteiger partial charge in [-0.15, -0.1) is 0 Å². The highest BCUT2D eigenvalue weighted by molar-refractivity contribution is 5.86. The van der Waals surface area contributed by atoms with Crippen LogP contribution in [-0.2, 0) is 16.0 Å².